The fourth-order valence-corrected chi connectivity index (χ4v) is 4.01. The van der Waals surface area contributed by atoms with Gasteiger partial charge >= 0.3 is 5.69 Å². The Morgan fingerprint density at radius 1 is 1.35 bits per heavy atom. The van der Waals surface area contributed by atoms with Crippen LogP contribution in [0, 0.1) is 0 Å². The van der Waals surface area contributed by atoms with E-state index < -0.39 is 0 Å². The van der Waals surface area contributed by atoms with Crippen LogP contribution in [0.5, 0.6) is 5.75 Å². The normalized spacial score (nSPS) is 11.1. The van der Waals surface area contributed by atoms with Crippen LogP contribution in [0.15, 0.2) is 38.9 Å². The van der Waals surface area contributed by atoms with E-state index >= 15 is 0 Å². The van der Waals surface area contributed by atoms with Crippen LogP contribution in [0.25, 0.3) is 5.69 Å². The third kappa shape index (κ3) is 2.96. The topological polar surface area (TPSA) is 54.0 Å². The molecule has 2 heterocycles. The summed E-state index contributed by atoms with van der Waals surface area (Å²) in [6.07, 6.45) is 1.80. The number of nitrogens with zero attached hydrogens (tertiary/aromatic N) is 4. The number of ether oxygens (including phenoxy) is 1. The molecule has 3 aromatic rings. The van der Waals surface area contributed by atoms with Gasteiger partial charge < -0.3 is 4.74 Å². The molecule has 2 aromatic heterocycles. The van der Waals surface area contributed by atoms with Gasteiger partial charge in [-0.25, -0.2) is 19.3 Å². The maximum absolute atomic E-state index is 12.2. The first-order chi connectivity index (χ1) is 11.1. The summed E-state index contributed by atoms with van der Waals surface area (Å²) in [6, 6.07) is 5.80. The minimum Gasteiger partial charge on any atom is -0.493 e. The third-order valence-electron chi connectivity index (χ3n) is 3.57. The van der Waals surface area contributed by atoms with E-state index in [1.165, 1.54) is 0 Å². The molecule has 0 aliphatic heterocycles. The molecule has 0 aliphatic rings. The Hall–Kier alpha value is -1.93. The lowest BCUT2D eigenvalue weighted by molar-refractivity contribution is 0.323. The molecule has 8 heteroatoms. The number of hydrogen-bond acceptors (Lipinski definition) is 5. The highest BCUT2D eigenvalue weighted by Gasteiger charge is 2.18. The second-order valence-electron chi connectivity index (χ2n) is 4.88. The summed E-state index contributed by atoms with van der Waals surface area (Å²) in [5.74, 6) is 1.50. The van der Waals surface area contributed by atoms with Crippen molar-refractivity contribution in [3.8, 4) is 11.4 Å². The molecule has 23 heavy (non-hydrogen) atoms. The number of aromatic nitrogens is 4. The Bertz CT molecular complexity index is 846. The first-order valence-electron chi connectivity index (χ1n) is 7.21. The monoisotopic (exact) mass is 350 g/mol. The Kier molecular flexibility index (Phi) is 4.63. The molecule has 0 amide bonds. The minimum atomic E-state index is -0.0540. The summed E-state index contributed by atoms with van der Waals surface area (Å²) in [4.78, 5) is 18.3. The fourth-order valence-electron chi connectivity index (χ4n) is 2.34. The van der Waals surface area contributed by atoms with Crippen molar-refractivity contribution in [2.24, 2.45) is 14.1 Å². The zero-order valence-electron chi connectivity index (χ0n) is 13.2. The molecule has 0 bridgehead atoms. The van der Waals surface area contributed by atoms with Crippen molar-refractivity contribution in [1.82, 2.24) is 19.1 Å². The van der Waals surface area contributed by atoms with Crippen LogP contribution in [0.2, 0.25) is 0 Å². The zero-order chi connectivity index (χ0) is 16.4. The Morgan fingerprint density at radius 2 is 2.17 bits per heavy atom. The van der Waals surface area contributed by atoms with Gasteiger partial charge in [-0.1, -0.05) is 17.8 Å². The lowest BCUT2D eigenvalue weighted by Gasteiger charge is -2.24. The number of hydrogen-bond donors (Lipinski definition) is 0. The van der Waals surface area contributed by atoms with Crippen LogP contribution in [-0.4, -0.2) is 25.8 Å². The van der Waals surface area contributed by atoms with Crippen molar-refractivity contribution in [3.63, 3.8) is 0 Å². The first-order valence-corrected chi connectivity index (χ1v) is 9.08. The first kappa shape index (κ1) is 15.9. The highest BCUT2D eigenvalue weighted by atomic mass is 32.2. The van der Waals surface area contributed by atoms with E-state index in [2.05, 4.69) is 4.98 Å². The standard InChI is InChI=1S/C15H18N4O2S2/c1-4-21-13-7-5-6-12(19-15(20)17(2)18(19)3)11(13)10-23-14-16-8-9-22-14/h5-9H,4,10H2,1-3H3. The van der Waals surface area contributed by atoms with E-state index in [1.807, 2.05) is 37.6 Å². The van der Waals surface area contributed by atoms with Gasteiger partial charge in [-0.15, -0.1) is 11.3 Å². The Labute approximate surface area is 142 Å². The molecule has 0 saturated carbocycles. The quantitative estimate of drug-likeness (QED) is 0.642. The van der Waals surface area contributed by atoms with Crippen LogP contribution < -0.4 is 10.4 Å². The molecule has 122 valence electrons. The zero-order valence-corrected chi connectivity index (χ0v) is 14.9. The van der Waals surface area contributed by atoms with Gasteiger partial charge in [0.2, 0.25) is 0 Å². The lowest BCUT2D eigenvalue weighted by Crippen LogP contribution is -2.47. The van der Waals surface area contributed by atoms with Crippen LogP contribution in [0.1, 0.15) is 12.5 Å². The Balaban J connectivity index is 2.01. The van der Waals surface area contributed by atoms with Gasteiger partial charge in [0.05, 0.1) is 12.3 Å². The number of thioether (sulfide) groups is 1. The second-order valence-corrected chi connectivity index (χ2v) is 7.00. The molecule has 0 radical (unpaired) electrons. The summed E-state index contributed by atoms with van der Waals surface area (Å²) < 4.78 is 9.98. The predicted octanol–water partition coefficient (Wildman–Crippen LogP) is 2.66. The molecule has 1 aromatic carbocycles. The van der Waals surface area contributed by atoms with E-state index in [4.69, 9.17) is 4.74 Å². The number of benzene rings is 1. The smallest absolute Gasteiger partial charge is 0.364 e. The van der Waals surface area contributed by atoms with Crippen molar-refractivity contribution in [2.45, 2.75) is 17.0 Å². The molecule has 0 unspecified atom stereocenters. The Morgan fingerprint density at radius 3 is 2.83 bits per heavy atom. The van der Waals surface area contributed by atoms with E-state index in [0.29, 0.717) is 12.4 Å². The average molecular weight is 350 g/mol. The molecule has 0 atom stereocenters. The number of rotatable bonds is 6. The van der Waals surface area contributed by atoms with Crippen molar-refractivity contribution in [2.75, 3.05) is 6.61 Å². The maximum atomic E-state index is 12.2. The summed E-state index contributed by atoms with van der Waals surface area (Å²) in [5, 5.41) is 1.96. The summed E-state index contributed by atoms with van der Waals surface area (Å²) >= 11 is 3.26. The summed E-state index contributed by atoms with van der Waals surface area (Å²) in [7, 11) is 3.60. The fraction of sp³-hybridized carbons (Fsp3) is 0.333. The van der Waals surface area contributed by atoms with E-state index in [0.717, 1.165) is 21.3 Å². The van der Waals surface area contributed by atoms with E-state index in [9.17, 15) is 4.79 Å². The van der Waals surface area contributed by atoms with Gasteiger partial charge in [0.25, 0.3) is 0 Å². The minimum absolute atomic E-state index is 0.0540. The molecule has 3 rings (SSSR count). The molecule has 0 N–H and O–H groups in total. The van der Waals surface area contributed by atoms with Gasteiger partial charge in [-0.05, 0) is 19.1 Å². The van der Waals surface area contributed by atoms with Gasteiger partial charge in [-0.2, -0.15) is 4.68 Å². The average Bonchev–Trinajstić information content (AvgIpc) is 3.07. The largest absolute Gasteiger partial charge is 0.493 e. The second kappa shape index (κ2) is 6.67. The van der Waals surface area contributed by atoms with Crippen molar-refractivity contribution in [3.05, 3.63) is 45.8 Å². The highest BCUT2D eigenvalue weighted by Crippen LogP contribution is 2.32. The van der Waals surface area contributed by atoms with Crippen molar-refractivity contribution < 1.29 is 4.74 Å². The van der Waals surface area contributed by atoms with Crippen LogP contribution >= 0.6 is 23.1 Å². The molecule has 0 saturated heterocycles. The lowest BCUT2D eigenvalue weighted by atomic mass is 10.2. The van der Waals surface area contributed by atoms with Crippen molar-refractivity contribution in [1.29, 1.82) is 0 Å². The molecule has 0 aliphatic carbocycles. The predicted molar refractivity (Wildman–Crippen MR) is 92.8 cm³/mol. The molecule has 0 spiro atoms. The number of thiazole rings is 1. The summed E-state index contributed by atoms with van der Waals surface area (Å²) in [6.45, 7) is 2.54. The van der Waals surface area contributed by atoms with E-state index in [1.54, 1.807) is 50.5 Å². The highest BCUT2D eigenvalue weighted by molar-refractivity contribution is 8.00. The molecule has 0 fully saturated rings. The van der Waals surface area contributed by atoms with Crippen LogP contribution in [0.4, 0.5) is 0 Å². The SMILES string of the molecule is CCOc1cccc(-n2c(=O)n(C)n2C)c1CSc1nccs1. The third-order valence-corrected chi connectivity index (χ3v) is 5.56. The summed E-state index contributed by atoms with van der Waals surface area (Å²) in [5.41, 5.74) is 1.80. The van der Waals surface area contributed by atoms with Crippen LogP contribution in [-0.2, 0) is 19.8 Å². The molecular formula is C15H18N4O2S2. The van der Waals surface area contributed by atoms with Gasteiger partial charge in [0, 0.05) is 37.0 Å². The van der Waals surface area contributed by atoms with Gasteiger partial charge in [0.1, 0.15) is 10.1 Å². The van der Waals surface area contributed by atoms with Gasteiger partial charge in [-0.3, -0.25) is 0 Å². The molecular weight excluding hydrogens is 332 g/mol. The van der Waals surface area contributed by atoms with Crippen molar-refractivity contribution >= 4 is 23.1 Å². The molecule has 6 nitrogen and oxygen atoms in total. The van der Waals surface area contributed by atoms with E-state index in [-0.39, 0.29) is 5.69 Å². The van der Waals surface area contributed by atoms with Crippen LogP contribution in [0.3, 0.4) is 0 Å². The van der Waals surface area contributed by atoms with Gasteiger partial charge in [0.15, 0.2) is 0 Å². The maximum Gasteiger partial charge on any atom is 0.364 e.